The molecule has 0 aliphatic carbocycles. The van der Waals surface area contributed by atoms with Crippen molar-refractivity contribution in [1.29, 1.82) is 0 Å². The second kappa shape index (κ2) is 12.2. The van der Waals surface area contributed by atoms with Crippen LogP contribution in [0.4, 0.5) is 0 Å². The fourth-order valence-electron chi connectivity index (χ4n) is 1.03. The maximum Gasteiger partial charge on any atom is 0.303 e. The van der Waals surface area contributed by atoms with E-state index in [9.17, 15) is 14.4 Å². The predicted octanol–water partition coefficient (Wildman–Crippen LogP) is -3.09. The summed E-state index contributed by atoms with van der Waals surface area (Å²) in [7, 11) is 0. The van der Waals surface area contributed by atoms with Crippen LogP contribution in [0.3, 0.4) is 0 Å². The van der Waals surface area contributed by atoms with Crippen molar-refractivity contribution in [2.24, 2.45) is 5.73 Å². The van der Waals surface area contributed by atoms with Gasteiger partial charge in [0.1, 0.15) is 24.6 Å². The van der Waals surface area contributed by atoms with Crippen LogP contribution in [0.1, 0.15) is 19.3 Å². The molecule has 0 aliphatic rings. The van der Waals surface area contributed by atoms with E-state index in [1.807, 2.05) is 0 Å². The van der Waals surface area contributed by atoms with Gasteiger partial charge in [-0.2, -0.15) is 0 Å². The molecule has 0 bridgehead atoms. The summed E-state index contributed by atoms with van der Waals surface area (Å²) in [4.78, 5) is 29.6. The molecule has 124 valence electrons. The highest BCUT2D eigenvalue weighted by Gasteiger charge is 2.28. The average Bonchev–Trinajstić information content (AvgIpc) is 2.43. The number of carbonyl (C=O) groups excluding carboxylic acids is 1. The first-order valence-corrected chi connectivity index (χ1v) is 5.96. The lowest BCUT2D eigenvalue weighted by Gasteiger charge is -2.23. The van der Waals surface area contributed by atoms with Crippen molar-refractivity contribution in [2.45, 2.75) is 43.6 Å². The molecule has 10 nitrogen and oxygen atoms in total. The molecule has 0 radical (unpaired) electrons. The second-order valence-corrected chi connectivity index (χ2v) is 4.09. The zero-order valence-corrected chi connectivity index (χ0v) is 11.2. The maximum absolute atomic E-state index is 10.0. The van der Waals surface area contributed by atoms with Crippen molar-refractivity contribution >= 4 is 18.2 Å². The first-order chi connectivity index (χ1) is 9.67. The van der Waals surface area contributed by atoms with Crippen molar-refractivity contribution < 1.29 is 45.0 Å². The van der Waals surface area contributed by atoms with Crippen molar-refractivity contribution in [3.05, 3.63) is 0 Å². The summed E-state index contributed by atoms with van der Waals surface area (Å²) in [6, 6.07) is -1.26. The Morgan fingerprint density at radius 3 is 1.71 bits per heavy atom. The molecule has 0 aliphatic heterocycles. The molecule has 0 amide bonds. The van der Waals surface area contributed by atoms with E-state index in [0.29, 0.717) is 0 Å². The summed E-state index contributed by atoms with van der Waals surface area (Å²) in [6.07, 6.45) is -4.34. The maximum atomic E-state index is 10.0. The van der Waals surface area contributed by atoms with Gasteiger partial charge in [-0.1, -0.05) is 0 Å². The predicted molar refractivity (Wildman–Crippen MR) is 68.3 cm³/mol. The minimum atomic E-state index is -1.62. The van der Waals surface area contributed by atoms with Gasteiger partial charge in [0.2, 0.25) is 0 Å². The van der Waals surface area contributed by atoms with Crippen LogP contribution in [0.25, 0.3) is 0 Å². The van der Waals surface area contributed by atoms with E-state index in [4.69, 9.17) is 36.4 Å². The number of aliphatic hydroxyl groups excluding tert-OH is 4. The van der Waals surface area contributed by atoms with Crippen molar-refractivity contribution in [1.82, 2.24) is 0 Å². The summed E-state index contributed by atoms with van der Waals surface area (Å²) in [5.74, 6) is -1.90. The molecule has 0 fully saturated rings. The monoisotopic (exact) mass is 311 g/mol. The van der Waals surface area contributed by atoms with E-state index in [1.54, 1.807) is 0 Å². The van der Waals surface area contributed by atoms with Gasteiger partial charge >= 0.3 is 11.9 Å². The van der Waals surface area contributed by atoms with Gasteiger partial charge in [0.25, 0.3) is 0 Å². The molecule has 0 saturated heterocycles. The van der Waals surface area contributed by atoms with Gasteiger partial charge in [-0.25, -0.2) is 0 Å². The number of carbonyl (C=O) groups is 3. The van der Waals surface area contributed by atoms with E-state index < -0.39 is 42.9 Å². The normalized spacial score (nSPS) is 15.9. The third-order valence-electron chi connectivity index (χ3n) is 2.26. The van der Waals surface area contributed by atoms with Crippen molar-refractivity contribution in [3.63, 3.8) is 0 Å². The Hall–Kier alpha value is -1.59. The Bertz CT molecular complexity index is 309. The van der Waals surface area contributed by atoms with Crippen LogP contribution in [-0.2, 0) is 14.4 Å². The molecule has 8 N–H and O–H groups in total. The van der Waals surface area contributed by atoms with Gasteiger partial charge < -0.3 is 41.2 Å². The van der Waals surface area contributed by atoms with Crippen LogP contribution >= 0.6 is 0 Å². The fraction of sp³-hybridized carbons (Fsp3) is 0.727. The first-order valence-electron chi connectivity index (χ1n) is 5.96. The lowest BCUT2D eigenvalue weighted by atomic mass is 10.0. The van der Waals surface area contributed by atoms with Gasteiger partial charge in [-0.15, -0.1) is 0 Å². The molecule has 0 spiro atoms. The third-order valence-corrected chi connectivity index (χ3v) is 2.26. The van der Waals surface area contributed by atoms with E-state index in [0.717, 1.165) is 0 Å². The number of aldehydes is 1. The molecule has 0 saturated carbocycles. The fourth-order valence-corrected chi connectivity index (χ4v) is 1.03. The van der Waals surface area contributed by atoms with Crippen molar-refractivity contribution in [2.75, 3.05) is 6.61 Å². The molecule has 21 heavy (non-hydrogen) atoms. The lowest BCUT2D eigenvalue weighted by Crippen LogP contribution is -2.49. The molecule has 4 atom stereocenters. The molecule has 0 aromatic rings. The summed E-state index contributed by atoms with van der Waals surface area (Å²) >= 11 is 0. The number of nitrogens with two attached hydrogens (primary N) is 1. The minimum absolute atomic E-state index is 0.0632. The highest BCUT2D eigenvalue weighted by atomic mass is 16.4. The summed E-state index contributed by atoms with van der Waals surface area (Å²) in [5.41, 5.74) is 5.04. The van der Waals surface area contributed by atoms with E-state index in [2.05, 4.69) is 0 Å². The van der Waals surface area contributed by atoms with Gasteiger partial charge in [0, 0.05) is 12.8 Å². The van der Waals surface area contributed by atoms with Gasteiger partial charge in [0.15, 0.2) is 0 Å². The van der Waals surface area contributed by atoms with Gasteiger partial charge in [0.05, 0.1) is 12.6 Å². The van der Waals surface area contributed by atoms with Crippen LogP contribution in [0.15, 0.2) is 0 Å². The minimum Gasteiger partial charge on any atom is -0.481 e. The Morgan fingerprint density at radius 1 is 1.00 bits per heavy atom. The Morgan fingerprint density at radius 2 is 1.43 bits per heavy atom. The summed E-state index contributed by atoms with van der Waals surface area (Å²) in [5, 5.41) is 51.2. The molecule has 0 aromatic carbocycles. The van der Waals surface area contributed by atoms with Crippen LogP contribution in [0.5, 0.6) is 0 Å². The number of hydrogen-bond donors (Lipinski definition) is 7. The Kier molecular flexibility index (Phi) is 12.6. The van der Waals surface area contributed by atoms with E-state index >= 15 is 0 Å². The molecule has 0 heterocycles. The third kappa shape index (κ3) is 11.9. The van der Waals surface area contributed by atoms with Crippen LogP contribution < -0.4 is 5.73 Å². The van der Waals surface area contributed by atoms with Crippen LogP contribution in [0.2, 0.25) is 0 Å². The average molecular weight is 311 g/mol. The number of rotatable bonds is 9. The Balaban J connectivity index is 0. The second-order valence-electron chi connectivity index (χ2n) is 4.09. The zero-order valence-electron chi connectivity index (χ0n) is 11.2. The van der Waals surface area contributed by atoms with E-state index in [1.165, 1.54) is 0 Å². The smallest absolute Gasteiger partial charge is 0.303 e. The molecule has 0 unspecified atom stereocenters. The highest BCUT2D eigenvalue weighted by molar-refractivity contribution is 5.69. The number of aliphatic hydroxyl groups is 4. The van der Waals surface area contributed by atoms with E-state index in [-0.39, 0.29) is 25.5 Å². The van der Waals surface area contributed by atoms with Crippen LogP contribution in [0, 0.1) is 0 Å². The molecule has 0 aromatic heterocycles. The molecular formula is C11H21NO9. The zero-order chi connectivity index (χ0) is 17.0. The largest absolute Gasteiger partial charge is 0.481 e. The topological polar surface area (TPSA) is 199 Å². The Labute approximate surface area is 120 Å². The number of hydrogen-bond acceptors (Lipinski definition) is 8. The van der Waals surface area contributed by atoms with Gasteiger partial charge in [-0.05, 0) is 6.42 Å². The first kappa shape index (κ1) is 21.7. The van der Waals surface area contributed by atoms with Gasteiger partial charge in [-0.3, -0.25) is 9.59 Å². The van der Waals surface area contributed by atoms with Crippen LogP contribution in [-0.4, -0.2) is 79.8 Å². The summed E-state index contributed by atoms with van der Waals surface area (Å²) in [6.45, 7) is -0.705. The quantitative estimate of drug-likeness (QED) is 0.214. The number of carboxylic acid groups (broad SMARTS) is 2. The number of carboxylic acids is 2. The number of aliphatic carboxylic acids is 2. The lowest BCUT2D eigenvalue weighted by molar-refractivity contribution is -0.138. The SMILES string of the molecule is N[C@@H](C=O)[C@@H](O)[C@H](O)[C@H](O)CO.O=C(O)CCCC(=O)O. The molecule has 10 heteroatoms. The molecule has 0 rings (SSSR count). The molecular weight excluding hydrogens is 290 g/mol. The van der Waals surface area contributed by atoms with Crippen molar-refractivity contribution in [3.8, 4) is 0 Å². The standard InChI is InChI=1S/C6H13NO5.C5H8O4/c7-3(1-8)5(11)6(12)4(10)2-9;6-4(7)2-1-3-5(8)9/h1,3-6,9-12H,2,7H2;1-3H2,(H,6,7)(H,8,9)/t3-,4+,5+,6+;/m0./s1. The summed E-state index contributed by atoms with van der Waals surface area (Å²) < 4.78 is 0. The highest BCUT2D eigenvalue weighted by Crippen LogP contribution is 2.01.